The molecule has 0 aliphatic carbocycles. The summed E-state index contributed by atoms with van der Waals surface area (Å²) in [7, 11) is 0. The number of ether oxygens (including phenoxy) is 1. The molecular weight excluding hydrogens is 280 g/mol. The van der Waals surface area contributed by atoms with E-state index in [0.717, 1.165) is 6.07 Å². The molecule has 0 aliphatic heterocycles. The molecule has 0 aromatic carbocycles. The molecule has 0 saturated heterocycles. The second-order valence-corrected chi connectivity index (χ2v) is 4.25. The van der Waals surface area contributed by atoms with Gasteiger partial charge in [0, 0.05) is 12.5 Å². The molecule has 0 fully saturated rings. The average molecular weight is 294 g/mol. The number of H-pyrrole nitrogens is 1. The van der Waals surface area contributed by atoms with Crippen LogP contribution in [-0.2, 0) is 16.1 Å². The molecular formula is C12H14N4O5. The predicted molar refractivity (Wildman–Crippen MR) is 71.8 cm³/mol. The summed E-state index contributed by atoms with van der Waals surface area (Å²) in [6.07, 6.45) is -0.0310. The average Bonchev–Trinajstić information content (AvgIpc) is 2.75. The Hall–Kier alpha value is -2.84. The van der Waals surface area contributed by atoms with E-state index in [1.807, 2.05) is 0 Å². The van der Waals surface area contributed by atoms with E-state index in [4.69, 9.17) is 10.5 Å². The molecule has 9 nitrogen and oxygen atoms in total. The van der Waals surface area contributed by atoms with E-state index in [-0.39, 0.29) is 42.0 Å². The normalized spacial score (nSPS) is 10.7. The van der Waals surface area contributed by atoms with Crippen molar-refractivity contribution < 1.29 is 19.4 Å². The SMILES string of the molecule is CCOC(=O)c1nn(CCC(N)=O)c2[nH]c(=O)cc(O)c12. The van der Waals surface area contributed by atoms with Crippen molar-refractivity contribution in [2.75, 3.05) is 6.61 Å². The minimum atomic E-state index is -0.734. The molecule has 112 valence electrons. The van der Waals surface area contributed by atoms with Crippen LogP contribution in [0.15, 0.2) is 10.9 Å². The maximum Gasteiger partial charge on any atom is 0.359 e. The van der Waals surface area contributed by atoms with Gasteiger partial charge in [0.05, 0.1) is 18.5 Å². The number of nitrogens with one attached hydrogen (secondary N) is 1. The highest BCUT2D eigenvalue weighted by molar-refractivity contribution is 6.03. The smallest absolute Gasteiger partial charge is 0.359 e. The number of aromatic nitrogens is 3. The number of aryl methyl sites for hydroxylation is 1. The number of fused-ring (bicyclic) bond motifs is 1. The Morgan fingerprint density at radius 1 is 1.52 bits per heavy atom. The molecule has 0 saturated carbocycles. The molecule has 0 radical (unpaired) electrons. The van der Waals surface area contributed by atoms with E-state index in [1.165, 1.54) is 4.68 Å². The zero-order valence-electron chi connectivity index (χ0n) is 11.3. The van der Waals surface area contributed by atoms with Crippen molar-refractivity contribution in [3.63, 3.8) is 0 Å². The first kappa shape index (κ1) is 14.6. The van der Waals surface area contributed by atoms with Gasteiger partial charge in [-0.3, -0.25) is 9.59 Å². The monoisotopic (exact) mass is 294 g/mol. The topological polar surface area (TPSA) is 140 Å². The molecule has 0 aliphatic rings. The second-order valence-electron chi connectivity index (χ2n) is 4.25. The maximum absolute atomic E-state index is 11.9. The number of pyridine rings is 1. The van der Waals surface area contributed by atoms with Gasteiger partial charge in [-0.15, -0.1) is 0 Å². The van der Waals surface area contributed by atoms with E-state index in [0.29, 0.717) is 0 Å². The third kappa shape index (κ3) is 2.86. The third-order valence-corrected chi connectivity index (χ3v) is 2.76. The lowest BCUT2D eigenvalue weighted by molar-refractivity contribution is -0.118. The number of aromatic hydroxyl groups is 1. The molecule has 0 unspecified atom stereocenters. The van der Waals surface area contributed by atoms with Crippen molar-refractivity contribution in [2.24, 2.45) is 5.73 Å². The number of esters is 1. The van der Waals surface area contributed by atoms with E-state index in [9.17, 15) is 19.5 Å². The van der Waals surface area contributed by atoms with Crippen LogP contribution in [-0.4, -0.2) is 38.4 Å². The van der Waals surface area contributed by atoms with Crippen LogP contribution in [0.1, 0.15) is 23.8 Å². The molecule has 0 spiro atoms. The first-order valence-corrected chi connectivity index (χ1v) is 6.22. The number of aromatic amines is 1. The summed E-state index contributed by atoms with van der Waals surface area (Å²) >= 11 is 0. The van der Waals surface area contributed by atoms with E-state index in [1.54, 1.807) is 6.92 Å². The van der Waals surface area contributed by atoms with Crippen molar-refractivity contribution in [1.29, 1.82) is 0 Å². The van der Waals surface area contributed by atoms with Gasteiger partial charge < -0.3 is 20.6 Å². The number of amides is 1. The van der Waals surface area contributed by atoms with Gasteiger partial charge in [0.15, 0.2) is 5.69 Å². The quantitative estimate of drug-likeness (QED) is 0.634. The molecule has 2 heterocycles. The lowest BCUT2D eigenvalue weighted by Crippen LogP contribution is -2.16. The van der Waals surface area contributed by atoms with Gasteiger partial charge >= 0.3 is 5.97 Å². The minimum Gasteiger partial charge on any atom is -0.507 e. The summed E-state index contributed by atoms with van der Waals surface area (Å²) in [5.41, 5.74) is 4.50. The first-order valence-electron chi connectivity index (χ1n) is 6.22. The number of carbonyl (C=O) groups excluding carboxylic acids is 2. The van der Waals surface area contributed by atoms with E-state index < -0.39 is 17.4 Å². The summed E-state index contributed by atoms with van der Waals surface area (Å²) in [5.74, 6) is -1.68. The van der Waals surface area contributed by atoms with Gasteiger partial charge in [-0.25, -0.2) is 9.48 Å². The largest absolute Gasteiger partial charge is 0.507 e. The Morgan fingerprint density at radius 3 is 2.86 bits per heavy atom. The molecule has 4 N–H and O–H groups in total. The third-order valence-electron chi connectivity index (χ3n) is 2.76. The van der Waals surface area contributed by atoms with Crippen molar-refractivity contribution >= 4 is 22.9 Å². The summed E-state index contributed by atoms with van der Waals surface area (Å²) in [6.45, 7) is 1.83. The van der Waals surface area contributed by atoms with Crippen LogP contribution >= 0.6 is 0 Å². The fourth-order valence-corrected chi connectivity index (χ4v) is 1.90. The van der Waals surface area contributed by atoms with Crippen LogP contribution in [0.5, 0.6) is 5.75 Å². The van der Waals surface area contributed by atoms with Crippen LogP contribution in [0.2, 0.25) is 0 Å². The fourth-order valence-electron chi connectivity index (χ4n) is 1.90. The Kier molecular flexibility index (Phi) is 3.92. The van der Waals surface area contributed by atoms with Gasteiger partial charge in [0.25, 0.3) is 5.56 Å². The number of carbonyl (C=O) groups is 2. The Bertz CT molecular complexity index is 761. The van der Waals surface area contributed by atoms with Crippen molar-refractivity contribution in [3.8, 4) is 5.75 Å². The van der Waals surface area contributed by atoms with Crippen molar-refractivity contribution in [3.05, 3.63) is 22.1 Å². The van der Waals surface area contributed by atoms with Gasteiger partial charge in [0.2, 0.25) is 5.91 Å². The predicted octanol–water partition coefficient (Wildman–Crippen LogP) is -0.518. The number of nitrogens with two attached hydrogens (primary N) is 1. The highest BCUT2D eigenvalue weighted by atomic mass is 16.5. The molecule has 0 bridgehead atoms. The fraction of sp³-hybridized carbons (Fsp3) is 0.333. The number of hydrogen-bond acceptors (Lipinski definition) is 6. The molecule has 1 amide bonds. The zero-order valence-corrected chi connectivity index (χ0v) is 11.3. The molecule has 9 heteroatoms. The zero-order chi connectivity index (χ0) is 15.6. The molecule has 2 rings (SSSR count). The van der Waals surface area contributed by atoms with Gasteiger partial charge in [0.1, 0.15) is 11.4 Å². The molecule has 21 heavy (non-hydrogen) atoms. The summed E-state index contributed by atoms with van der Waals surface area (Å²) in [6, 6.07) is 0.936. The van der Waals surface area contributed by atoms with E-state index >= 15 is 0 Å². The summed E-state index contributed by atoms with van der Waals surface area (Å²) in [4.78, 5) is 36.6. The van der Waals surface area contributed by atoms with Gasteiger partial charge in [-0.05, 0) is 6.92 Å². The lowest BCUT2D eigenvalue weighted by atomic mass is 10.2. The van der Waals surface area contributed by atoms with Crippen molar-refractivity contribution in [1.82, 2.24) is 14.8 Å². The van der Waals surface area contributed by atoms with Gasteiger partial charge in [-0.1, -0.05) is 0 Å². The Morgan fingerprint density at radius 2 is 2.24 bits per heavy atom. The summed E-state index contributed by atoms with van der Waals surface area (Å²) in [5, 5.41) is 13.9. The number of hydrogen-bond donors (Lipinski definition) is 3. The minimum absolute atomic E-state index is 0.0310. The number of rotatable bonds is 5. The second kappa shape index (κ2) is 5.65. The molecule has 2 aromatic rings. The van der Waals surface area contributed by atoms with Crippen LogP contribution in [0, 0.1) is 0 Å². The van der Waals surface area contributed by atoms with Crippen molar-refractivity contribution in [2.45, 2.75) is 19.9 Å². The molecule has 0 atom stereocenters. The summed E-state index contributed by atoms with van der Waals surface area (Å²) < 4.78 is 6.08. The highest BCUT2D eigenvalue weighted by Gasteiger charge is 2.22. The Balaban J connectivity index is 2.61. The van der Waals surface area contributed by atoms with Crippen LogP contribution in [0.3, 0.4) is 0 Å². The van der Waals surface area contributed by atoms with Crippen LogP contribution in [0.25, 0.3) is 11.0 Å². The number of primary amides is 1. The first-order chi connectivity index (χ1) is 9.93. The highest BCUT2D eigenvalue weighted by Crippen LogP contribution is 2.25. The van der Waals surface area contributed by atoms with E-state index in [2.05, 4.69) is 10.1 Å². The Labute approximate surface area is 118 Å². The lowest BCUT2D eigenvalue weighted by Gasteiger charge is -2.00. The van der Waals surface area contributed by atoms with Crippen LogP contribution in [0.4, 0.5) is 0 Å². The molecule has 2 aromatic heterocycles. The van der Waals surface area contributed by atoms with Gasteiger partial charge in [-0.2, -0.15) is 5.10 Å². The maximum atomic E-state index is 11.9. The van der Waals surface area contributed by atoms with Crippen LogP contribution < -0.4 is 11.3 Å². The number of nitrogens with zero attached hydrogens (tertiary/aromatic N) is 2. The standard InChI is InChI=1S/C12H14N4O5/c1-2-21-12(20)10-9-6(17)5-8(19)14-11(9)16(15-10)4-3-7(13)18/h5H,2-4H2,1H3,(H2,13,18)(H2,14,17,19).